The number of rotatable bonds is 3. The SMILES string of the molecule is C[C@@]1(c2ccccc2Cl)NC(=O)N(Cc2cc(=O)oc3cc4c(cc23)CCC4)C1=O. The lowest BCUT2D eigenvalue weighted by atomic mass is 9.92. The molecule has 7 heteroatoms. The van der Waals surface area contributed by atoms with E-state index in [1.165, 1.54) is 17.2 Å². The van der Waals surface area contributed by atoms with E-state index in [9.17, 15) is 14.4 Å². The largest absolute Gasteiger partial charge is 0.423 e. The Morgan fingerprint density at radius 3 is 2.60 bits per heavy atom. The van der Waals surface area contributed by atoms with Gasteiger partial charge in [0, 0.05) is 22.0 Å². The van der Waals surface area contributed by atoms with Crippen molar-refractivity contribution in [2.75, 3.05) is 0 Å². The number of urea groups is 1. The molecule has 2 aliphatic rings. The number of hydrogen-bond donors (Lipinski definition) is 1. The number of amides is 3. The highest BCUT2D eigenvalue weighted by atomic mass is 35.5. The average Bonchev–Trinajstić information content (AvgIpc) is 3.24. The number of nitrogens with one attached hydrogen (secondary N) is 1. The number of imide groups is 1. The molecule has 1 aliphatic heterocycles. The molecule has 0 radical (unpaired) electrons. The second-order valence-corrected chi connectivity index (χ2v) is 8.39. The molecule has 30 heavy (non-hydrogen) atoms. The fraction of sp³-hybridized carbons (Fsp3) is 0.261. The molecular formula is C23H19ClN2O4. The highest BCUT2D eigenvalue weighted by molar-refractivity contribution is 6.32. The van der Waals surface area contributed by atoms with E-state index in [4.69, 9.17) is 16.0 Å². The van der Waals surface area contributed by atoms with E-state index in [2.05, 4.69) is 5.32 Å². The maximum Gasteiger partial charge on any atom is 0.336 e. The van der Waals surface area contributed by atoms with Crippen molar-refractivity contribution in [3.8, 4) is 0 Å². The summed E-state index contributed by atoms with van der Waals surface area (Å²) in [6.07, 6.45) is 2.99. The summed E-state index contributed by atoms with van der Waals surface area (Å²) >= 11 is 6.29. The van der Waals surface area contributed by atoms with Gasteiger partial charge in [0.2, 0.25) is 0 Å². The maximum atomic E-state index is 13.3. The van der Waals surface area contributed by atoms with Crippen LogP contribution in [0, 0.1) is 0 Å². The van der Waals surface area contributed by atoms with Crippen LogP contribution in [0.5, 0.6) is 0 Å². The van der Waals surface area contributed by atoms with Crippen molar-refractivity contribution in [1.29, 1.82) is 0 Å². The van der Waals surface area contributed by atoms with E-state index in [1.54, 1.807) is 31.2 Å². The summed E-state index contributed by atoms with van der Waals surface area (Å²) in [6.45, 7) is 1.62. The van der Waals surface area contributed by atoms with E-state index in [0.717, 1.165) is 29.5 Å². The van der Waals surface area contributed by atoms with Crippen molar-refractivity contribution >= 4 is 34.5 Å². The number of carbonyl (C=O) groups is 2. The fourth-order valence-corrected chi connectivity index (χ4v) is 4.81. The lowest BCUT2D eigenvalue weighted by Gasteiger charge is -2.23. The zero-order chi connectivity index (χ0) is 21.0. The normalized spacial score (nSPS) is 20.7. The van der Waals surface area contributed by atoms with E-state index < -0.39 is 23.1 Å². The zero-order valence-electron chi connectivity index (χ0n) is 16.3. The Morgan fingerprint density at radius 1 is 1.10 bits per heavy atom. The smallest absolute Gasteiger partial charge is 0.336 e. The van der Waals surface area contributed by atoms with Gasteiger partial charge in [0.15, 0.2) is 0 Å². The van der Waals surface area contributed by atoms with Crippen molar-refractivity contribution in [1.82, 2.24) is 10.2 Å². The van der Waals surface area contributed by atoms with Crippen LogP contribution in [0.1, 0.15) is 35.6 Å². The summed E-state index contributed by atoms with van der Waals surface area (Å²) in [5.74, 6) is -0.414. The van der Waals surface area contributed by atoms with Gasteiger partial charge in [-0.2, -0.15) is 0 Å². The van der Waals surface area contributed by atoms with Crippen molar-refractivity contribution < 1.29 is 14.0 Å². The predicted octanol–water partition coefficient (Wildman–Crippen LogP) is 3.90. The summed E-state index contributed by atoms with van der Waals surface area (Å²) < 4.78 is 5.39. The van der Waals surface area contributed by atoms with Crippen molar-refractivity contribution in [3.63, 3.8) is 0 Å². The van der Waals surface area contributed by atoms with Crippen LogP contribution in [0.4, 0.5) is 4.79 Å². The maximum absolute atomic E-state index is 13.3. The van der Waals surface area contributed by atoms with Crippen LogP contribution in [0.2, 0.25) is 5.02 Å². The van der Waals surface area contributed by atoms with Crippen molar-refractivity contribution in [2.24, 2.45) is 0 Å². The van der Waals surface area contributed by atoms with Gasteiger partial charge in [-0.15, -0.1) is 0 Å². The minimum atomic E-state index is -1.27. The summed E-state index contributed by atoms with van der Waals surface area (Å²) in [6, 6.07) is 11.7. The van der Waals surface area contributed by atoms with Crippen molar-refractivity contribution in [2.45, 2.75) is 38.3 Å². The van der Waals surface area contributed by atoms with Crippen molar-refractivity contribution in [3.05, 3.63) is 80.2 Å². The summed E-state index contributed by atoms with van der Waals surface area (Å²) in [5.41, 5.74) is 2.23. The monoisotopic (exact) mass is 422 g/mol. The molecule has 6 nitrogen and oxygen atoms in total. The lowest BCUT2D eigenvalue weighted by molar-refractivity contribution is -0.131. The molecule has 3 aromatic rings. The van der Waals surface area contributed by atoms with Crippen LogP contribution in [0.15, 0.2) is 51.7 Å². The van der Waals surface area contributed by atoms with Crippen LogP contribution < -0.4 is 10.9 Å². The molecular weight excluding hydrogens is 404 g/mol. The topological polar surface area (TPSA) is 79.6 Å². The molecule has 1 aliphatic carbocycles. The third-order valence-corrected chi connectivity index (χ3v) is 6.39. The van der Waals surface area contributed by atoms with Gasteiger partial charge in [-0.25, -0.2) is 9.59 Å². The molecule has 0 unspecified atom stereocenters. The highest BCUT2D eigenvalue weighted by Crippen LogP contribution is 2.35. The Kier molecular flexibility index (Phi) is 4.22. The Labute approximate surface area is 177 Å². The van der Waals surface area contributed by atoms with Crippen LogP contribution in [0.25, 0.3) is 11.0 Å². The van der Waals surface area contributed by atoms with Crippen LogP contribution in [-0.4, -0.2) is 16.8 Å². The van der Waals surface area contributed by atoms with E-state index >= 15 is 0 Å². The Morgan fingerprint density at radius 2 is 1.83 bits per heavy atom. The molecule has 3 amide bonds. The first kappa shape index (κ1) is 18.9. The molecule has 1 N–H and O–H groups in total. The first-order valence-corrected chi connectivity index (χ1v) is 10.2. The average molecular weight is 423 g/mol. The Balaban J connectivity index is 1.56. The zero-order valence-corrected chi connectivity index (χ0v) is 17.1. The van der Waals surface area contributed by atoms with Gasteiger partial charge in [-0.05, 0) is 61.1 Å². The molecule has 1 saturated heterocycles. The van der Waals surface area contributed by atoms with E-state index in [1.807, 2.05) is 12.1 Å². The second-order valence-electron chi connectivity index (χ2n) is 7.99. The molecule has 0 saturated carbocycles. The van der Waals surface area contributed by atoms with Gasteiger partial charge in [0.05, 0.1) is 6.54 Å². The lowest BCUT2D eigenvalue weighted by Crippen LogP contribution is -2.41. The summed E-state index contributed by atoms with van der Waals surface area (Å²) in [7, 11) is 0. The minimum Gasteiger partial charge on any atom is -0.423 e. The third-order valence-electron chi connectivity index (χ3n) is 6.06. The summed E-state index contributed by atoms with van der Waals surface area (Å²) in [4.78, 5) is 39.3. The molecule has 152 valence electrons. The Hall–Kier alpha value is -3.12. The van der Waals surface area contributed by atoms with Gasteiger partial charge in [0.1, 0.15) is 11.1 Å². The number of hydrogen-bond acceptors (Lipinski definition) is 4. The number of nitrogens with zero attached hydrogens (tertiary/aromatic N) is 1. The highest BCUT2D eigenvalue weighted by Gasteiger charge is 2.49. The van der Waals surface area contributed by atoms with Gasteiger partial charge < -0.3 is 9.73 Å². The number of aryl methyl sites for hydroxylation is 2. The van der Waals surface area contributed by atoms with Crippen LogP contribution in [-0.2, 0) is 29.7 Å². The second kappa shape index (κ2) is 6.71. The van der Waals surface area contributed by atoms with E-state index in [0.29, 0.717) is 21.7 Å². The first-order chi connectivity index (χ1) is 14.4. The van der Waals surface area contributed by atoms with Crippen LogP contribution >= 0.6 is 11.6 Å². The molecule has 1 atom stereocenters. The molecule has 1 aromatic heterocycles. The van der Waals surface area contributed by atoms with Gasteiger partial charge in [-0.3, -0.25) is 9.69 Å². The van der Waals surface area contributed by atoms with Gasteiger partial charge in [0.25, 0.3) is 5.91 Å². The quantitative estimate of drug-likeness (QED) is 0.512. The molecule has 5 rings (SSSR count). The number of benzene rings is 2. The van der Waals surface area contributed by atoms with E-state index in [-0.39, 0.29) is 6.54 Å². The third kappa shape index (κ3) is 2.82. The molecule has 1 fully saturated rings. The molecule has 0 bridgehead atoms. The minimum absolute atomic E-state index is 0.0222. The first-order valence-electron chi connectivity index (χ1n) is 9.84. The van der Waals surface area contributed by atoms with Gasteiger partial charge >= 0.3 is 11.7 Å². The van der Waals surface area contributed by atoms with Crippen LogP contribution in [0.3, 0.4) is 0 Å². The fourth-order valence-electron chi connectivity index (χ4n) is 4.49. The molecule has 0 spiro atoms. The number of fused-ring (bicyclic) bond motifs is 2. The standard InChI is InChI=1S/C23H19ClN2O4/c1-23(17-7-2-3-8-18(17)24)21(28)26(22(29)25-23)12-15-11-20(27)30-19-10-14-6-4-5-13(14)9-16(15)19/h2-3,7-11H,4-6,12H2,1H3,(H,25,29)/t23-/m0/s1. The Bertz CT molecular complexity index is 1280. The van der Waals surface area contributed by atoms with Gasteiger partial charge in [-0.1, -0.05) is 29.8 Å². The summed E-state index contributed by atoms with van der Waals surface area (Å²) in [5, 5.41) is 3.92. The number of carbonyl (C=O) groups excluding carboxylic acids is 2. The molecule has 2 aromatic carbocycles. The molecule has 2 heterocycles. The predicted molar refractivity (Wildman–Crippen MR) is 112 cm³/mol. The number of halogens is 1.